The second-order valence-electron chi connectivity index (χ2n) is 8.02. The molecule has 0 aliphatic carbocycles. The number of H-pyrrole nitrogens is 1. The van der Waals surface area contributed by atoms with E-state index < -0.39 is 22.8 Å². The highest BCUT2D eigenvalue weighted by Crippen LogP contribution is 2.36. The summed E-state index contributed by atoms with van der Waals surface area (Å²) in [4.78, 5) is 28.8. The minimum atomic E-state index is -1.44. The average Bonchev–Trinajstić information content (AvgIpc) is 2.92. The first-order valence-electron chi connectivity index (χ1n) is 9.81. The fraction of sp³-hybridized carbons (Fsp3) is 0.364. The van der Waals surface area contributed by atoms with Crippen molar-refractivity contribution in [1.82, 2.24) is 14.5 Å². The summed E-state index contributed by atoms with van der Waals surface area (Å²) in [5.74, 6) is -2.07. The number of aryl methyl sites for hydroxylation is 1. The smallest absolute Gasteiger partial charge is 0.345 e. The lowest BCUT2D eigenvalue weighted by molar-refractivity contribution is 0.0691. The van der Waals surface area contributed by atoms with Crippen molar-refractivity contribution in [3.05, 3.63) is 51.4 Å². The number of pyridine rings is 1. The number of benzene rings is 1. The van der Waals surface area contributed by atoms with Crippen LogP contribution in [0.2, 0.25) is 0 Å². The molecule has 3 aromatic rings. The zero-order chi connectivity index (χ0) is 20.9. The van der Waals surface area contributed by atoms with E-state index in [1.54, 1.807) is 0 Å². The van der Waals surface area contributed by atoms with Gasteiger partial charge in [0.15, 0.2) is 5.56 Å². The normalized spacial score (nSPS) is 14.5. The SMILES string of the molecule is CC(C)c1c(-c2ccc3c(c2)cc(CN2CCC2)n3C)[nH]c(=O)c(C(=O)O)c1O. The molecular weight excluding hydrogens is 370 g/mol. The Hall–Kier alpha value is -3.06. The summed E-state index contributed by atoms with van der Waals surface area (Å²) >= 11 is 0. The summed E-state index contributed by atoms with van der Waals surface area (Å²) in [5.41, 5.74) is 2.52. The van der Waals surface area contributed by atoms with E-state index in [0.29, 0.717) is 11.3 Å². The maximum absolute atomic E-state index is 12.3. The first-order valence-corrected chi connectivity index (χ1v) is 9.81. The summed E-state index contributed by atoms with van der Waals surface area (Å²) in [5, 5.41) is 20.9. The third-order valence-corrected chi connectivity index (χ3v) is 5.78. The van der Waals surface area contributed by atoms with Crippen LogP contribution in [0.4, 0.5) is 0 Å². The zero-order valence-electron chi connectivity index (χ0n) is 16.8. The predicted molar refractivity (Wildman–Crippen MR) is 112 cm³/mol. The quantitative estimate of drug-likeness (QED) is 0.616. The van der Waals surface area contributed by atoms with E-state index in [-0.39, 0.29) is 5.92 Å². The Morgan fingerprint density at radius 2 is 1.97 bits per heavy atom. The molecule has 1 aliphatic heterocycles. The van der Waals surface area contributed by atoms with Crippen LogP contribution in [-0.4, -0.2) is 43.7 Å². The summed E-state index contributed by atoms with van der Waals surface area (Å²) in [6, 6.07) is 8.02. The molecular formula is C22H25N3O4. The lowest BCUT2D eigenvalue weighted by Crippen LogP contribution is -2.36. The molecule has 0 radical (unpaired) electrons. The Kier molecular flexibility index (Phi) is 4.70. The van der Waals surface area contributed by atoms with Gasteiger partial charge in [0.1, 0.15) is 5.75 Å². The van der Waals surface area contributed by atoms with Crippen LogP contribution in [-0.2, 0) is 13.6 Å². The van der Waals surface area contributed by atoms with Crippen molar-refractivity contribution >= 4 is 16.9 Å². The molecule has 0 amide bonds. The van der Waals surface area contributed by atoms with Gasteiger partial charge in [0.25, 0.3) is 5.56 Å². The number of nitrogens with zero attached hydrogens (tertiary/aromatic N) is 2. The number of carboxylic acids is 1. The van der Waals surface area contributed by atoms with Crippen LogP contribution in [0.5, 0.6) is 5.75 Å². The summed E-state index contributed by atoms with van der Waals surface area (Å²) < 4.78 is 2.18. The van der Waals surface area contributed by atoms with Crippen LogP contribution in [0.3, 0.4) is 0 Å². The van der Waals surface area contributed by atoms with Crippen LogP contribution >= 0.6 is 0 Å². The molecule has 2 aromatic heterocycles. The second-order valence-corrected chi connectivity index (χ2v) is 8.02. The molecule has 7 heteroatoms. The number of rotatable bonds is 5. The highest BCUT2D eigenvalue weighted by Gasteiger charge is 2.25. The number of nitrogens with one attached hydrogen (secondary N) is 1. The molecule has 3 heterocycles. The average molecular weight is 395 g/mol. The molecule has 0 unspecified atom stereocenters. The molecule has 152 valence electrons. The molecule has 0 saturated carbocycles. The Morgan fingerprint density at radius 1 is 1.24 bits per heavy atom. The summed E-state index contributed by atoms with van der Waals surface area (Å²) in [6.07, 6.45) is 1.25. The van der Waals surface area contributed by atoms with Crippen LogP contribution in [0.1, 0.15) is 47.8 Å². The van der Waals surface area contributed by atoms with Crippen LogP contribution in [0, 0.1) is 0 Å². The van der Waals surface area contributed by atoms with Crippen molar-refractivity contribution in [3.63, 3.8) is 0 Å². The summed E-state index contributed by atoms with van der Waals surface area (Å²) in [7, 11) is 2.05. The van der Waals surface area contributed by atoms with Crippen molar-refractivity contribution in [2.45, 2.75) is 32.7 Å². The Morgan fingerprint density at radius 3 is 2.55 bits per heavy atom. The van der Waals surface area contributed by atoms with E-state index in [2.05, 4.69) is 20.5 Å². The van der Waals surface area contributed by atoms with E-state index in [0.717, 1.165) is 36.1 Å². The third kappa shape index (κ3) is 3.21. The molecule has 4 rings (SSSR count). The molecule has 0 atom stereocenters. The van der Waals surface area contributed by atoms with E-state index in [1.807, 2.05) is 39.1 Å². The van der Waals surface area contributed by atoms with Gasteiger partial charge in [-0.2, -0.15) is 0 Å². The zero-order valence-corrected chi connectivity index (χ0v) is 16.8. The van der Waals surface area contributed by atoms with Gasteiger partial charge >= 0.3 is 5.97 Å². The first kappa shape index (κ1) is 19.3. The van der Waals surface area contributed by atoms with Gasteiger partial charge in [-0.1, -0.05) is 19.9 Å². The molecule has 7 nitrogen and oxygen atoms in total. The minimum Gasteiger partial charge on any atom is -0.506 e. The number of carboxylic acid groups (broad SMARTS) is 1. The Bertz CT molecular complexity index is 1170. The highest BCUT2D eigenvalue weighted by molar-refractivity contribution is 5.93. The molecule has 1 saturated heterocycles. The molecule has 1 fully saturated rings. The molecule has 0 spiro atoms. The second kappa shape index (κ2) is 7.08. The number of carbonyl (C=O) groups is 1. The molecule has 0 bridgehead atoms. The van der Waals surface area contributed by atoms with Crippen molar-refractivity contribution < 1.29 is 15.0 Å². The van der Waals surface area contributed by atoms with Gasteiger partial charge < -0.3 is 19.8 Å². The fourth-order valence-corrected chi connectivity index (χ4v) is 4.07. The monoisotopic (exact) mass is 395 g/mol. The Balaban J connectivity index is 1.86. The van der Waals surface area contributed by atoms with Gasteiger partial charge in [-0.05, 0) is 49.2 Å². The van der Waals surface area contributed by atoms with E-state index >= 15 is 0 Å². The standard InChI is InChI=1S/C22H25N3O4/c1-12(2)17-19(23-21(27)18(20(17)26)22(28)29)13-5-6-16-14(9-13)10-15(24(16)3)11-25-7-4-8-25/h5-6,9-10,12H,4,7-8,11H2,1-3H3,(H,28,29)(H2,23,26,27). The van der Waals surface area contributed by atoms with Crippen molar-refractivity contribution in [2.75, 3.05) is 13.1 Å². The maximum Gasteiger partial charge on any atom is 0.345 e. The molecule has 1 aliphatic rings. The lowest BCUT2D eigenvalue weighted by Gasteiger charge is -2.30. The van der Waals surface area contributed by atoms with Gasteiger partial charge in [0, 0.05) is 35.8 Å². The predicted octanol–water partition coefficient (Wildman–Crippen LogP) is 3.27. The number of aromatic amines is 1. The molecule has 3 N–H and O–H groups in total. The van der Waals surface area contributed by atoms with Gasteiger partial charge in [-0.25, -0.2) is 4.79 Å². The van der Waals surface area contributed by atoms with Gasteiger partial charge in [0.05, 0.1) is 5.69 Å². The number of hydrogen-bond acceptors (Lipinski definition) is 4. The van der Waals surface area contributed by atoms with E-state index in [9.17, 15) is 19.8 Å². The fourth-order valence-electron chi connectivity index (χ4n) is 4.07. The van der Waals surface area contributed by atoms with Crippen molar-refractivity contribution in [3.8, 4) is 17.0 Å². The highest BCUT2D eigenvalue weighted by atomic mass is 16.4. The molecule has 29 heavy (non-hydrogen) atoms. The number of hydrogen-bond donors (Lipinski definition) is 3. The largest absolute Gasteiger partial charge is 0.506 e. The summed E-state index contributed by atoms with van der Waals surface area (Å²) in [6.45, 7) is 6.87. The van der Waals surface area contributed by atoms with Gasteiger partial charge in [0.2, 0.25) is 0 Å². The lowest BCUT2D eigenvalue weighted by atomic mass is 9.94. The van der Waals surface area contributed by atoms with E-state index in [4.69, 9.17) is 0 Å². The Labute approximate surface area is 168 Å². The topological polar surface area (TPSA) is 98.6 Å². The van der Waals surface area contributed by atoms with Gasteiger partial charge in [-0.15, -0.1) is 0 Å². The number of aromatic carboxylic acids is 1. The minimum absolute atomic E-state index is 0.173. The van der Waals surface area contributed by atoms with Crippen molar-refractivity contribution in [1.29, 1.82) is 0 Å². The number of aromatic hydroxyl groups is 1. The van der Waals surface area contributed by atoms with Crippen molar-refractivity contribution in [2.24, 2.45) is 7.05 Å². The maximum atomic E-state index is 12.3. The number of aromatic nitrogens is 2. The van der Waals surface area contributed by atoms with Crippen LogP contribution in [0.15, 0.2) is 29.1 Å². The van der Waals surface area contributed by atoms with E-state index in [1.165, 1.54) is 12.1 Å². The number of fused-ring (bicyclic) bond motifs is 1. The van der Waals surface area contributed by atoms with Gasteiger partial charge in [-0.3, -0.25) is 9.69 Å². The van der Waals surface area contributed by atoms with Crippen LogP contribution in [0.25, 0.3) is 22.2 Å². The third-order valence-electron chi connectivity index (χ3n) is 5.78. The first-order chi connectivity index (χ1) is 13.8. The number of likely N-dealkylation sites (tertiary alicyclic amines) is 1. The molecule has 1 aromatic carbocycles. The van der Waals surface area contributed by atoms with Crippen LogP contribution < -0.4 is 5.56 Å².